The summed E-state index contributed by atoms with van der Waals surface area (Å²) in [6, 6.07) is 0. The lowest BCUT2D eigenvalue weighted by atomic mass is 9.60. The Kier molecular flexibility index (Phi) is 3.52. The maximum Gasteiger partial charge on any atom is 0.136 e. The molecule has 0 spiro atoms. The molecular weight excluding hydrogens is 248 g/mol. The van der Waals surface area contributed by atoms with Gasteiger partial charge in [-0.15, -0.1) is 0 Å². The Morgan fingerprint density at radius 1 is 1.20 bits per heavy atom. The topological polar surface area (TPSA) is 26.3 Å². The molecule has 0 amide bonds. The van der Waals surface area contributed by atoms with Crippen LogP contribution in [0.5, 0.6) is 0 Å². The molecule has 2 bridgehead atoms. The van der Waals surface area contributed by atoms with Crippen LogP contribution in [0.3, 0.4) is 0 Å². The average molecular weight is 278 g/mol. The third-order valence-corrected chi connectivity index (χ3v) is 7.39. The van der Waals surface area contributed by atoms with Gasteiger partial charge in [0.2, 0.25) is 0 Å². The smallest absolute Gasteiger partial charge is 0.136 e. The van der Waals surface area contributed by atoms with Crippen LogP contribution in [0.2, 0.25) is 0 Å². The van der Waals surface area contributed by atoms with E-state index in [9.17, 15) is 4.79 Å². The van der Waals surface area contributed by atoms with Gasteiger partial charge in [0, 0.05) is 18.9 Å². The zero-order valence-corrected chi connectivity index (χ0v) is 13.6. The molecule has 2 heteroatoms. The van der Waals surface area contributed by atoms with Gasteiger partial charge in [0.15, 0.2) is 0 Å². The van der Waals surface area contributed by atoms with Crippen LogP contribution in [0, 0.1) is 28.6 Å². The van der Waals surface area contributed by atoms with Crippen molar-refractivity contribution in [2.75, 3.05) is 6.61 Å². The van der Waals surface area contributed by atoms with Crippen molar-refractivity contribution in [3.63, 3.8) is 0 Å². The second-order valence-electron chi connectivity index (χ2n) is 8.14. The number of carbonyl (C=O) groups is 1. The van der Waals surface area contributed by atoms with Crippen LogP contribution in [0.25, 0.3) is 0 Å². The quantitative estimate of drug-likeness (QED) is 0.772. The Morgan fingerprint density at radius 3 is 2.50 bits per heavy atom. The Morgan fingerprint density at radius 2 is 1.95 bits per heavy atom. The summed E-state index contributed by atoms with van der Waals surface area (Å²) in [4.78, 5) is 12.5. The second kappa shape index (κ2) is 4.83. The van der Waals surface area contributed by atoms with Crippen molar-refractivity contribution in [1.29, 1.82) is 0 Å². The Bertz CT molecular complexity index is 400. The van der Waals surface area contributed by atoms with Gasteiger partial charge in [-0.3, -0.25) is 4.79 Å². The van der Waals surface area contributed by atoms with Gasteiger partial charge in [-0.05, 0) is 61.7 Å². The van der Waals surface area contributed by atoms with Gasteiger partial charge in [0.25, 0.3) is 0 Å². The standard InChI is InChI=1S/C18H30O2/c1-5-20-13-6-7-16(19)14(11-13)15-10-12-8-9-18(15,4)17(12,2)3/h12-15H,5-11H2,1-4H3/t12-,13?,14?,15+,18+/m0/s1. The van der Waals surface area contributed by atoms with Crippen molar-refractivity contribution in [1.82, 2.24) is 0 Å². The molecule has 5 atom stereocenters. The monoisotopic (exact) mass is 278 g/mol. The van der Waals surface area contributed by atoms with Gasteiger partial charge >= 0.3 is 0 Å². The van der Waals surface area contributed by atoms with E-state index in [-0.39, 0.29) is 5.92 Å². The van der Waals surface area contributed by atoms with Crippen LogP contribution in [-0.2, 0) is 9.53 Å². The molecule has 20 heavy (non-hydrogen) atoms. The second-order valence-corrected chi connectivity index (χ2v) is 8.14. The molecule has 0 N–H and O–H groups in total. The molecule has 0 saturated heterocycles. The number of ether oxygens (including phenoxy) is 1. The van der Waals surface area contributed by atoms with Crippen molar-refractivity contribution in [3.05, 3.63) is 0 Å². The number of hydrogen-bond acceptors (Lipinski definition) is 2. The molecule has 2 unspecified atom stereocenters. The minimum absolute atomic E-state index is 0.273. The minimum atomic E-state index is 0.273. The van der Waals surface area contributed by atoms with Crippen LogP contribution < -0.4 is 0 Å². The first kappa shape index (κ1) is 14.6. The van der Waals surface area contributed by atoms with E-state index in [0.29, 0.717) is 28.6 Å². The Hall–Kier alpha value is -0.370. The van der Waals surface area contributed by atoms with Gasteiger partial charge in [-0.2, -0.15) is 0 Å². The maximum absolute atomic E-state index is 12.5. The lowest BCUT2D eigenvalue weighted by Crippen LogP contribution is -2.42. The van der Waals surface area contributed by atoms with Crippen molar-refractivity contribution < 1.29 is 9.53 Å². The molecule has 3 saturated carbocycles. The van der Waals surface area contributed by atoms with Crippen molar-refractivity contribution in [2.24, 2.45) is 28.6 Å². The molecule has 3 aliphatic rings. The fourth-order valence-electron chi connectivity index (χ4n) is 5.67. The van der Waals surface area contributed by atoms with Crippen molar-refractivity contribution in [2.45, 2.75) is 72.3 Å². The maximum atomic E-state index is 12.5. The van der Waals surface area contributed by atoms with E-state index in [4.69, 9.17) is 4.74 Å². The first-order valence-corrected chi connectivity index (χ1v) is 8.54. The Balaban J connectivity index is 1.80. The largest absolute Gasteiger partial charge is 0.378 e. The molecule has 3 fully saturated rings. The highest BCUT2D eigenvalue weighted by molar-refractivity contribution is 5.82. The SMILES string of the molecule is CCOC1CCC(=O)C([C@H]2C[C@@H]3CC[C@@]2(C)C3(C)C)C1. The summed E-state index contributed by atoms with van der Waals surface area (Å²) in [7, 11) is 0. The van der Waals surface area contributed by atoms with Gasteiger partial charge in [-0.25, -0.2) is 0 Å². The van der Waals surface area contributed by atoms with Gasteiger partial charge in [0.05, 0.1) is 6.10 Å². The number of Topliss-reactive ketones (excluding diaryl/α,β-unsaturated/α-hetero) is 1. The molecule has 0 aliphatic heterocycles. The predicted octanol–water partition coefficient (Wildman–Crippen LogP) is 4.22. The van der Waals surface area contributed by atoms with E-state index >= 15 is 0 Å². The zero-order valence-electron chi connectivity index (χ0n) is 13.6. The molecule has 0 radical (unpaired) electrons. The third-order valence-electron chi connectivity index (χ3n) is 7.39. The summed E-state index contributed by atoms with van der Waals surface area (Å²) in [5, 5.41) is 0. The summed E-state index contributed by atoms with van der Waals surface area (Å²) in [6.07, 6.45) is 6.96. The van der Waals surface area contributed by atoms with E-state index in [2.05, 4.69) is 27.7 Å². The van der Waals surface area contributed by atoms with Crippen LogP contribution >= 0.6 is 0 Å². The van der Waals surface area contributed by atoms with E-state index < -0.39 is 0 Å². The van der Waals surface area contributed by atoms with Crippen LogP contribution in [-0.4, -0.2) is 18.5 Å². The van der Waals surface area contributed by atoms with E-state index in [1.807, 2.05) is 0 Å². The summed E-state index contributed by atoms with van der Waals surface area (Å²) in [5.74, 6) is 2.23. The molecule has 0 aromatic heterocycles. The van der Waals surface area contributed by atoms with Gasteiger partial charge in [0.1, 0.15) is 5.78 Å². The molecule has 114 valence electrons. The summed E-state index contributed by atoms with van der Waals surface area (Å²) >= 11 is 0. The first-order valence-electron chi connectivity index (χ1n) is 8.54. The lowest BCUT2D eigenvalue weighted by Gasteiger charge is -2.44. The Labute approximate surface area is 123 Å². The molecule has 0 aromatic rings. The number of hydrogen-bond donors (Lipinski definition) is 0. The van der Waals surface area contributed by atoms with Crippen LogP contribution in [0.1, 0.15) is 66.2 Å². The normalized spacial score (nSPS) is 46.9. The van der Waals surface area contributed by atoms with E-state index in [1.54, 1.807) is 0 Å². The average Bonchev–Trinajstić information content (AvgIpc) is 2.74. The van der Waals surface area contributed by atoms with E-state index in [0.717, 1.165) is 31.8 Å². The number of rotatable bonds is 3. The third kappa shape index (κ3) is 1.90. The van der Waals surface area contributed by atoms with Crippen LogP contribution in [0.15, 0.2) is 0 Å². The summed E-state index contributed by atoms with van der Waals surface area (Å²) in [5.41, 5.74) is 0.780. The zero-order chi connectivity index (χ0) is 14.5. The molecular formula is C18H30O2. The fraction of sp³-hybridized carbons (Fsp3) is 0.944. The highest BCUT2D eigenvalue weighted by Gasteiger charge is 2.63. The van der Waals surface area contributed by atoms with Gasteiger partial charge < -0.3 is 4.74 Å². The molecule has 3 aliphatic carbocycles. The number of carbonyl (C=O) groups excluding carboxylic acids is 1. The van der Waals surface area contributed by atoms with Crippen molar-refractivity contribution >= 4 is 5.78 Å². The lowest BCUT2D eigenvalue weighted by molar-refractivity contribution is -0.133. The summed E-state index contributed by atoms with van der Waals surface area (Å²) < 4.78 is 5.83. The first-order chi connectivity index (χ1) is 9.40. The molecule has 3 rings (SSSR count). The predicted molar refractivity (Wildman–Crippen MR) is 80.5 cm³/mol. The van der Waals surface area contributed by atoms with Crippen molar-refractivity contribution in [3.8, 4) is 0 Å². The molecule has 0 aromatic carbocycles. The van der Waals surface area contributed by atoms with Gasteiger partial charge in [-0.1, -0.05) is 20.8 Å². The van der Waals surface area contributed by atoms with E-state index in [1.165, 1.54) is 19.3 Å². The minimum Gasteiger partial charge on any atom is -0.378 e. The molecule has 0 heterocycles. The number of ketones is 1. The number of fused-ring (bicyclic) bond motifs is 2. The highest BCUT2D eigenvalue weighted by Crippen LogP contribution is 2.70. The fourth-order valence-corrected chi connectivity index (χ4v) is 5.67. The molecule has 2 nitrogen and oxygen atoms in total. The highest BCUT2D eigenvalue weighted by atomic mass is 16.5. The summed E-state index contributed by atoms with van der Waals surface area (Å²) in [6.45, 7) is 10.2. The van der Waals surface area contributed by atoms with Crippen LogP contribution in [0.4, 0.5) is 0 Å².